The molecule has 9 aromatic rings. The topological polar surface area (TPSA) is 65.8 Å². The van der Waals surface area contributed by atoms with E-state index in [1.165, 1.54) is 0 Å². The zero-order valence-corrected chi connectivity index (χ0v) is 22.9. The highest BCUT2D eigenvalue weighted by Gasteiger charge is 2.25. The summed E-state index contributed by atoms with van der Waals surface area (Å²) < 4.78 is 6.52. The maximum atomic E-state index is 5.34. The third-order valence-corrected chi connectivity index (χ3v) is 7.92. The fraction of sp³-hybridized carbons (Fsp3) is 0. The molecule has 4 aromatic heterocycles. The maximum Gasteiger partial charge on any atom is 0.241 e. The van der Waals surface area contributed by atoms with Crippen LogP contribution in [0.4, 0.5) is 0 Å². The van der Waals surface area contributed by atoms with Crippen molar-refractivity contribution in [2.45, 2.75) is 0 Å². The molecule has 0 aliphatic heterocycles. The summed E-state index contributed by atoms with van der Waals surface area (Å²) in [5, 5.41) is 1.13. The summed E-state index contributed by atoms with van der Waals surface area (Å²) in [6, 6.07) is 47.3. The molecule has 202 valence electrons. The molecule has 0 bridgehead atoms. The fourth-order valence-corrected chi connectivity index (χ4v) is 6.04. The Morgan fingerprint density at radius 1 is 0.419 bits per heavy atom. The standard InChI is InChI=1S/C36H23N7/c1-4-14-24(15-5-1)32-37-33(25-16-6-2-7-17-25)39-35(38-32)43-30-23-13-12-22-29(30)42-31-27-20-10-11-21-28(27)41(34(31)40-36(42)43)26-18-8-3-9-19-26/h1-23H. The van der Waals surface area contributed by atoms with Gasteiger partial charge in [-0.2, -0.15) is 15.0 Å². The lowest BCUT2D eigenvalue weighted by Crippen LogP contribution is -2.07. The van der Waals surface area contributed by atoms with Gasteiger partial charge in [-0.05, 0) is 30.3 Å². The van der Waals surface area contributed by atoms with Gasteiger partial charge in [0.15, 0.2) is 17.3 Å². The van der Waals surface area contributed by atoms with Crippen LogP contribution in [0.1, 0.15) is 0 Å². The lowest BCUT2D eigenvalue weighted by molar-refractivity contribution is 0.936. The number of hydrogen-bond donors (Lipinski definition) is 0. The molecule has 0 saturated carbocycles. The second-order valence-electron chi connectivity index (χ2n) is 10.4. The van der Waals surface area contributed by atoms with Crippen molar-refractivity contribution in [1.29, 1.82) is 0 Å². The van der Waals surface area contributed by atoms with Crippen LogP contribution in [0.2, 0.25) is 0 Å². The maximum absolute atomic E-state index is 5.34. The Morgan fingerprint density at radius 2 is 0.953 bits per heavy atom. The SMILES string of the molecule is c1ccc(-c2nc(-c3ccccc3)nc(-n3c4ccccc4n4c5c6ccccc6n(-c6ccccc6)c5nc34)n2)cc1. The zero-order valence-electron chi connectivity index (χ0n) is 22.9. The molecule has 4 heterocycles. The first kappa shape index (κ1) is 23.6. The molecule has 43 heavy (non-hydrogen) atoms. The number of fused-ring (bicyclic) bond motifs is 7. The van der Waals surface area contributed by atoms with E-state index in [-0.39, 0.29) is 0 Å². The summed E-state index contributed by atoms with van der Waals surface area (Å²) >= 11 is 0. The van der Waals surface area contributed by atoms with E-state index < -0.39 is 0 Å². The van der Waals surface area contributed by atoms with Crippen molar-refractivity contribution >= 4 is 38.9 Å². The summed E-state index contributed by atoms with van der Waals surface area (Å²) in [4.78, 5) is 20.3. The molecule has 0 N–H and O–H groups in total. The van der Waals surface area contributed by atoms with Crippen LogP contribution in [0.3, 0.4) is 0 Å². The first-order valence-corrected chi connectivity index (χ1v) is 14.2. The predicted octanol–water partition coefficient (Wildman–Crippen LogP) is 7.89. The number of benzene rings is 5. The van der Waals surface area contributed by atoms with Crippen molar-refractivity contribution in [1.82, 2.24) is 33.5 Å². The normalized spacial score (nSPS) is 11.7. The lowest BCUT2D eigenvalue weighted by Gasteiger charge is -2.09. The Kier molecular flexibility index (Phi) is 5.06. The van der Waals surface area contributed by atoms with Crippen molar-refractivity contribution in [2.24, 2.45) is 0 Å². The van der Waals surface area contributed by atoms with E-state index in [2.05, 4.69) is 80.3 Å². The average molecular weight is 554 g/mol. The van der Waals surface area contributed by atoms with Crippen molar-refractivity contribution in [3.63, 3.8) is 0 Å². The van der Waals surface area contributed by atoms with Crippen LogP contribution in [0, 0.1) is 0 Å². The minimum atomic E-state index is 0.516. The molecular formula is C36H23N7. The lowest BCUT2D eigenvalue weighted by atomic mass is 10.2. The minimum absolute atomic E-state index is 0.516. The Hall–Kier alpha value is -6.08. The van der Waals surface area contributed by atoms with Crippen molar-refractivity contribution in [2.75, 3.05) is 0 Å². The zero-order chi connectivity index (χ0) is 28.3. The van der Waals surface area contributed by atoms with Gasteiger partial charge in [0, 0.05) is 22.2 Å². The van der Waals surface area contributed by atoms with Crippen LogP contribution < -0.4 is 0 Å². The van der Waals surface area contributed by atoms with Crippen LogP contribution in [0.15, 0.2) is 140 Å². The molecule has 0 atom stereocenters. The third-order valence-electron chi connectivity index (χ3n) is 7.92. The molecular weight excluding hydrogens is 530 g/mol. The smallest absolute Gasteiger partial charge is 0.241 e. The number of para-hydroxylation sites is 4. The van der Waals surface area contributed by atoms with E-state index in [1.54, 1.807) is 0 Å². The number of nitrogens with zero attached hydrogens (tertiary/aromatic N) is 7. The van der Waals surface area contributed by atoms with Crippen molar-refractivity contribution in [3.05, 3.63) is 140 Å². The van der Waals surface area contributed by atoms with Gasteiger partial charge in [-0.25, -0.2) is 9.55 Å². The Bertz CT molecular complexity index is 2380. The van der Waals surface area contributed by atoms with Gasteiger partial charge in [-0.3, -0.25) is 8.97 Å². The van der Waals surface area contributed by atoms with E-state index in [1.807, 2.05) is 72.8 Å². The number of rotatable bonds is 4. The molecule has 0 radical (unpaired) electrons. The highest BCUT2D eigenvalue weighted by molar-refractivity contribution is 6.09. The van der Waals surface area contributed by atoms with E-state index in [4.69, 9.17) is 19.9 Å². The molecule has 0 aliphatic rings. The van der Waals surface area contributed by atoms with Gasteiger partial charge in [-0.1, -0.05) is 109 Å². The molecule has 0 aliphatic carbocycles. The first-order chi connectivity index (χ1) is 21.3. The largest absolute Gasteiger partial charge is 0.292 e. The third kappa shape index (κ3) is 3.55. The summed E-state index contributed by atoms with van der Waals surface area (Å²) in [5.41, 5.74) is 7.93. The Balaban J connectivity index is 1.42. The summed E-state index contributed by atoms with van der Waals surface area (Å²) in [6.07, 6.45) is 0. The van der Waals surface area contributed by atoms with Crippen LogP contribution in [0.5, 0.6) is 0 Å². The highest BCUT2D eigenvalue weighted by atomic mass is 15.3. The Morgan fingerprint density at radius 3 is 1.60 bits per heavy atom. The molecule has 0 spiro atoms. The number of imidazole rings is 2. The molecule has 0 amide bonds. The summed E-state index contributed by atoms with van der Waals surface area (Å²) in [5.74, 6) is 2.47. The van der Waals surface area contributed by atoms with Gasteiger partial charge in [0.2, 0.25) is 11.7 Å². The quantitative estimate of drug-likeness (QED) is 0.222. The molecule has 0 fully saturated rings. The minimum Gasteiger partial charge on any atom is -0.292 e. The van der Waals surface area contributed by atoms with Gasteiger partial charge in [0.05, 0.1) is 16.6 Å². The number of aromatic nitrogens is 7. The van der Waals surface area contributed by atoms with E-state index >= 15 is 0 Å². The van der Waals surface area contributed by atoms with Crippen molar-refractivity contribution < 1.29 is 0 Å². The van der Waals surface area contributed by atoms with Crippen LogP contribution in [-0.2, 0) is 0 Å². The second kappa shape index (κ2) is 9.22. The van der Waals surface area contributed by atoms with Gasteiger partial charge < -0.3 is 0 Å². The fourth-order valence-electron chi connectivity index (χ4n) is 6.04. The number of hydrogen-bond acceptors (Lipinski definition) is 4. The van der Waals surface area contributed by atoms with Crippen LogP contribution in [0.25, 0.3) is 73.3 Å². The van der Waals surface area contributed by atoms with E-state index in [0.29, 0.717) is 17.6 Å². The summed E-state index contributed by atoms with van der Waals surface area (Å²) in [6.45, 7) is 0. The molecule has 0 unspecified atom stereocenters. The second-order valence-corrected chi connectivity index (χ2v) is 10.4. The van der Waals surface area contributed by atoms with Gasteiger partial charge in [0.25, 0.3) is 0 Å². The van der Waals surface area contributed by atoms with Crippen molar-refractivity contribution in [3.8, 4) is 34.4 Å². The van der Waals surface area contributed by atoms with E-state index in [9.17, 15) is 0 Å². The monoisotopic (exact) mass is 553 g/mol. The van der Waals surface area contributed by atoms with E-state index in [0.717, 1.165) is 55.7 Å². The van der Waals surface area contributed by atoms with Gasteiger partial charge >= 0.3 is 0 Å². The van der Waals surface area contributed by atoms with Gasteiger partial charge in [-0.15, -0.1) is 0 Å². The highest BCUT2D eigenvalue weighted by Crippen LogP contribution is 2.36. The average Bonchev–Trinajstić information content (AvgIpc) is 3.71. The molecule has 5 aromatic carbocycles. The molecule has 9 rings (SSSR count). The van der Waals surface area contributed by atoms with Gasteiger partial charge in [0.1, 0.15) is 5.52 Å². The first-order valence-electron chi connectivity index (χ1n) is 14.2. The molecule has 7 nitrogen and oxygen atoms in total. The Labute approximate surface area is 246 Å². The van der Waals surface area contributed by atoms with Crippen LogP contribution in [-0.4, -0.2) is 33.5 Å². The predicted molar refractivity (Wildman–Crippen MR) is 171 cm³/mol. The summed E-state index contributed by atoms with van der Waals surface area (Å²) in [7, 11) is 0. The molecule has 7 heteroatoms. The molecule has 0 saturated heterocycles. The van der Waals surface area contributed by atoms with Crippen LogP contribution >= 0.6 is 0 Å².